The minimum Gasteiger partial charge on any atom is -0.399 e. The number of benzene rings is 1. The van der Waals surface area contributed by atoms with Crippen molar-refractivity contribution in [3.8, 4) is 0 Å². The maximum Gasteiger partial charge on any atom is 0.257 e. The van der Waals surface area contributed by atoms with Gasteiger partial charge in [0.05, 0.1) is 4.47 Å². The van der Waals surface area contributed by atoms with Crippen LogP contribution in [0, 0.1) is 6.92 Å². The summed E-state index contributed by atoms with van der Waals surface area (Å²) in [5, 5.41) is 2.74. The second kappa shape index (κ2) is 5.18. The molecule has 0 spiro atoms. The van der Waals surface area contributed by atoms with E-state index in [2.05, 4.69) is 26.2 Å². The van der Waals surface area contributed by atoms with Gasteiger partial charge in [0.15, 0.2) is 0 Å². The van der Waals surface area contributed by atoms with Crippen LogP contribution in [-0.2, 0) is 0 Å². The molecule has 0 unspecified atom stereocenters. The summed E-state index contributed by atoms with van der Waals surface area (Å²) in [7, 11) is 0. The predicted octanol–water partition coefficient (Wildman–Crippen LogP) is 2.99. The summed E-state index contributed by atoms with van der Waals surface area (Å²) in [6, 6.07) is 8.84. The molecule has 92 valence electrons. The highest BCUT2D eigenvalue weighted by Gasteiger charge is 2.11. The standard InChI is InChI=1S/C13H12BrN3O/c1-8-4-5-9(15)7-10(8)13(18)17-12-11(14)3-2-6-16-12/h2-7H,15H2,1H3,(H,16,17,18). The van der Waals surface area contributed by atoms with Crippen molar-refractivity contribution in [2.75, 3.05) is 11.1 Å². The Labute approximate surface area is 113 Å². The number of nitrogens with two attached hydrogens (primary N) is 1. The Balaban J connectivity index is 2.28. The highest BCUT2D eigenvalue weighted by atomic mass is 79.9. The van der Waals surface area contributed by atoms with Crippen LogP contribution >= 0.6 is 15.9 Å². The average molecular weight is 306 g/mol. The van der Waals surface area contributed by atoms with Gasteiger partial charge in [-0.05, 0) is 52.7 Å². The largest absolute Gasteiger partial charge is 0.399 e. The molecule has 0 saturated heterocycles. The van der Waals surface area contributed by atoms with E-state index in [4.69, 9.17) is 5.73 Å². The molecule has 1 aromatic carbocycles. The van der Waals surface area contributed by atoms with Gasteiger partial charge in [0, 0.05) is 17.4 Å². The molecular weight excluding hydrogens is 294 g/mol. The number of carbonyl (C=O) groups is 1. The number of hydrogen-bond donors (Lipinski definition) is 2. The Morgan fingerprint density at radius 1 is 1.39 bits per heavy atom. The fourth-order valence-electron chi connectivity index (χ4n) is 1.54. The second-order valence-electron chi connectivity index (χ2n) is 3.86. The molecule has 0 fully saturated rings. The lowest BCUT2D eigenvalue weighted by Gasteiger charge is -2.08. The van der Waals surface area contributed by atoms with E-state index in [9.17, 15) is 4.79 Å². The highest BCUT2D eigenvalue weighted by Crippen LogP contribution is 2.20. The number of pyridine rings is 1. The number of aryl methyl sites for hydroxylation is 1. The maximum atomic E-state index is 12.1. The van der Waals surface area contributed by atoms with Crippen molar-refractivity contribution in [1.82, 2.24) is 4.98 Å². The number of hydrogen-bond acceptors (Lipinski definition) is 3. The van der Waals surface area contributed by atoms with Crippen LogP contribution in [0.2, 0.25) is 0 Å². The molecule has 0 bridgehead atoms. The quantitative estimate of drug-likeness (QED) is 0.838. The summed E-state index contributed by atoms with van der Waals surface area (Å²) in [6.45, 7) is 1.86. The van der Waals surface area contributed by atoms with Crippen molar-refractivity contribution in [2.24, 2.45) is 0 Å². The number of carbonyl (C=O) groups excluding carboxylic acids is 1. The van der Waals surface area contributed by atoms with Crippen molar-refractivity contribution in [1.29, 1.82) is 0 Å². The molecule has 0 aliphatic heterocycles. The van der Waals surface area contributed by atoms with Crippen molar-refractivity contribution in [3.05, 3.63) is 52.1 Å². The molecule has 4 nitrogen and oxygen atoms in total. The molecule has 3 N–H and O–H groups in total. The number of anilines is 2. The molecule has 2 rings (SSSR count). The fraction of sp³-hybridized carbons (Fsp3) is 0.0769. The topological polar surface area (TPSA) is 68.0 Å². The van der Waals surface area contributed by atoms with Crippen LogP contribution in [0.15, 0.2) is 41.0 Å². The molecule has 1 aromatic heterocycles. The lowest BCUT2D eigenvalue weighted by molar-refractivity contribution is 0.102. The van der Waals surface area contributed by atoms with Gasteiger partial charge in [-0.2, -0.15) is 0 Å². The van der Waals surface area contributed by atoms with Gasteiger partial charge in [0.25, 0.3) is 5.91 Å². The molecule has 0 radical (unpaired) electrons. The van der Waals surface area contributed by atoms with Crippen LogP contribution in [0.1, 0.15) is 15.9 Å². The van der Waals surface area contributed by atoms with E-state index in [0.717, 1.165) is 10.0 Å². The summed E-state index contributed by atoms with van der Waals surface area (Å²) >= 11 is 3.33. The zero-order valence-electron chi connectivity index (χ0n) is 9.77. The van der Waals surface area contributed by atoms with Crippen LogP contribution in [0.5, 0.6) is 0 Å². The van der Waals surface area contributed by atoms with Gasteiger partial charge in [0.2, 0.25) is 0 Å². The first-order chi connectivity index (χ1) is 8.58. The van der Waals surface area contributed by atoms with Gasteiger partial charge in [-0.25, -0.2) is 4.98 Å². The second-order valence-corrected chi connectivity index (χ2v) is 4.72. The van der Waals surface area contributed by atoms with Crippen molar-refractivity contribution in [2.45, 2.75) is 6.92 Å². The Morgan fingerprint density at radius 3 is 2.89 bits per heavy atom. The maximum absolute atomic E-state index is 12.1. The normalized spacial score (nSPS) is 10.1. The Hall–Kier alpha value is -1.88. The molecule has 0 saturated carbocycles. The molecule has 1 heterocycles. The van der Waals surface area contributed by atoms with Crippen LogP contribution < -0.4 is 11.1 Å². The van der Waals surface area contributed by atoms with E-state index in [1.165, 1.54) is 0 Å². The summed E-state index contributed by atoms with van der Waals surface area (Å²) in [6.07, 6.45) is 1.62. The van der Waals surface area contributed by atoms with Crippen molar-refractivity contribution < 1.29 is 4.79 Å². The number of nitrogens with one attached hydrogen (secondary N) is 1. The summed E-state index contributed by atoms with van der Waals surface area (Å²) in [5.41, 5.74) is 7.66. The third-order valence-electron chi connectivity index (χ3n) is 2.50. The summed E-state index contributed by atoms with van der Waals surface area (Å²) < 4.78 is 0.736. The first-order valence-corrected chi connectivity index (χ1v) is 6.15. The SMILES string of the molecule is Cc1ccc(N)cc1C(=O)Nc1ncccc1Br. The molecule has 0 aliphatic carbocycles. The highest BCUT2D eigenvalue weighted by molar-refractivity contribution is 9.10. The van der Waals surface area contributed by atoms with E-state index in [1.807, 2.05) is 19.1 Å². The molecule has 1 amide bonds. The monoisotopic (exact) mass is 305 g/mol. The third kappa shape index (κ3) is 2.68. The molecule has 2 aromatic rings. The zero-order chi connectivity index (χ0) is 13.1. The summed E-state index contributed by atoms with van der Waals surface area (Å²) in [5.74, 6) is 0.267. The van der Waals surface area contributed by atoms with Crippen molar-refractivity contribution in [3.63, 3.8) is 0 Å². The third-order valence-corrected chi connectivity index (χ3v) is 3.14. The number of amides is 1. The van der Waals surface area contributed by atoms with Gasteiger partial charge in [-0.1, -0.05) is 6.07 Å². The Kier molecular flexibility index (Phi) is 3.62. The molecule has 18 heavy (non-hydrogen) atoms. The first kappa shape index (κ1) is 12.6. The number of aromatic nitrogens is 1. The van der Waals surface area contributed by atoms with E-state index in [0.29, 0.717) is 17.1 Å². The van der Waals surface area contributed by atoms with Gasteiger partial charge in [-0.3, -0.25) is 4.79 Å². The first-order valence-electron chi connectivity index (χ1n) is 5.36. The van der Waals surface area contributed by atoms with E-state index in [-0.39, 0.29) is 5.91 Å². The summed E-state index contributed by atoms with van der Waals surface area (Å²) in [4.78, 5) is 16.2. The van der Waals surface area contributed by atoms with Gasteiger partial charge in [0.1, 0.15) is 5.82 Å². The fourth-order valence-corrected chi connectivity index (χ4v) is 1.89. The predicted molar refractivity (Wildman–Crippen MR) is 75.5 cm³/mol. The van der Waals surface area contributed by atoms with Gasteiger partial charge in [-0.15, -0.1) is 0 Å². The molecular formula is C13H12BrN3O. The van der Waals surface area contributed by atoms with Crippen LogP contribution in [0.3, 0.4) is 0 Å². The average Bonchev–Trinajstić information content (AvgIpc) is 2.35. The zero-order valence-corrected chi connectivity index (χ0v) is 11.4. The van der Waals surface area contributed by atoms with Crippen LogP contribution in [0.4, 0.5) is 11.5 Å². The number of halogens is 1. The Bertz CT molecular complexity index is 599. The van der Waals surface area contributed by atoms with Crippen molar-refractivity contribution >= 4 is 33.3 Å². The number of nitrogen functional groups attached to an aromatic ring is 1. The Morgan fingerprint density at radius 2 is 2.17 bits per heavy atom. The molecule has 0 atom stereocenters. The smallest absolute Gasteiger partial charge is 0.257 e. The van der Waals surface area contributed by atoms with E-state index < -0.39 is 0 Å². The van der Waals surface area contributed by atoms with Gasteiger partial charge >= 0.3 is 0 Å². The lowest BCUT2D eigenvalue weighted by Crippen LogP contribution is -2.15. The lowest BCUT2D eigenvalue weighted by atomic mass is 10.1. The van der Waals surface area contributed by atoms with Gasteiger partial charge < -0.3 is 11.1 Å². The van der Waals surface area contributed by atoms with Crippen LogP contribution in [-0.4, -0.2) is 10.9 Å². The number of rotatable bonds is 2. The van der Waals surface area contributed by atoms with Crippen LogP contribution in [0.25, 0.3) is 0 Å². The van der Waals surface area contributed by atoms with E-state index >= 15 is 0 Å². The number of nitrogens with zero attached hydrogens (tertiary/aromatic N) is 1. The molecule has 5 heteroatoms. The molecule has 0 aliphatic rings. The minimum absolute atomic E-state index is 0.223. The minimum atomic E-state index is -0.223. The van der Waals surface area contributed by atoms with E-state index in [1.54, 1.807) is 24.4 Å².